The zero-order chi connectivity index (χ0) is 9.90. The molecule has 0 heterocycles. The van der Waals surface area contributed by atoms with Gasteiger partial charge in [-0.3, -0.25) is 4.79 Å². The van der Waals surface area contributed by atoms with E-state index in [0.717, 1.165) is 12.8 Å². The van der Waals surface area contributed by atoms with Gasteiger partial charge in [-0.2, -0.15) is 0 Å². The van der Waals surface area contributed by atoms with Crippen molar-refractivity contribution in [3.05, 3.63) is 0 Å². The highest BCUT2D eigenvalue weighted by molar-refractivity contribution is 5.78. The molecule has 1 fully saturated rings. The van der Waals surface area contributed by atoms with Crippen LogP contribution in [0.25, 0.3) is 0 Å². The van der Waals surface area contributed by atoms with Crippen LogP contribution < -0.4 is 5.73 Å². The Kier molecular flexibility index (Phi) is 3.27. The molecule has 4 heteroatoms. The van der Waals surface area contributed by atoms with Crippen molar-refractivity contribution in [1.82, 2.24) is 0 Å². The lowest BCUT2D eigenvalue weighted by molar-refractivity contribution is -0.154. The summed E-state index contributed by atoms with van der Waals surface area (Å²) < 4.78 is 4.73. The first kappa shape index (κ1) is 10.5. The lowest BCUT2D eigenvalue weighted by Gasteiger charge is -2.28. The van der Waals surface area contributed by atoms with Gasteiger partial charge in [-0.15, -0.1) is 0 Å². The Morgan fingerprint density at radius 2 is 2.31 bits per heavy atom. The molecule has 0 aliphatic heterocycles. The van der Waals surface area contributed by atoms with E-state index in [1.54, 1.807) is 0 Å². The fourth-order valence-corrected chi connectivity index (χ4v) is 1.86. The molecule has 1 rings (SSSR count). The van der Waals surface area contributed by atoms with Crippen LogP contribution in [0.5, 0.6) is 0 Å². The average Bonchev–Trinajstić information content (AvgIpc) is 2.96. The number of hydrogen-bond acceptors (Lipinski definition) is 4. The summed E-state index contributed by atoms with van der Waals surface area (Å²) in [5.41, 5.74) is 4.98. The van der Waals surface area contributed by atoms with Crippen LogP contribution in [0, 0.1) is 11.3 Å². The quantitative estimate of drug-likeness (QED) is 0.589. The van der Waals surface area contributed by atoms with Gasteiger partial charge in [0, 0.05) is 13.2 Å². The van der Waals surface area contributed by atoms with Crippen molar-refractivity contribution in [1.29, 1.82) is 0 Å². The van der Waals surface area contributed by atoms with Crippen molar-refractivity contribution < 1.29 is 14.6 Å². The maximum atomic E-state index is 11.5. The monoisotopic (exact) mass is 187 g/mol. The molecule has 0 amide bonds. The summed E-state index contributed by atoms with van der Waals surface area (Å²) >= 11 is 0. The van der Waals surface area contributed by atoms with Crippen LogP contribution in [0.4, 0.5) is 0 Å². The summed E-state index contributed by atoms with van der Waals surface area (Å²) in [6.07, 6.45) is 2.46. The van der Waals surface area contributed by atoms with E-state index in [0.29, 0.717) is 12.3 Å². The third kappa shape index (κ3) is 1.84. The maximum Gasteiger partial charge on any atom is 0.313 e. The van der Waals surface area contributed by atoms with Gasteiger partial charge in [0.25, 0.3) is 0 Å². The molecular weight excluding hydrogens is 170 g/mol. The predicted octanol–water partition coefficient (Wildman–Crippen LogP) is -0.103. The predicted molar refractivity (Wildman–Crippen MR) is 47.9 cm³/mol. The molecule has 1 unspecified atom stereocenters. The van der Waals surface area contributed by atoms with Gasteiger partial charge in [-0.05, 0) is 25.2 Å². The van der Waals surface area contributed by atoms with Gasteiger partial charge in [0.2, 0.25) is 0 Å². The minimum Gasteiger partial charge on any atom is -0.469 e. The first-order valence-electron chi connectivity index (χ1n) is 4.60. The molecule has 3 N–H and O–H groups in total. The number of aliphatic hydroxyl groups is 1. The molecular formula is C9H17NO3. The Bertz CT molecular complexity index is 191. The van der Waals surface area contributed by atoms with E-state index < -0.39 is 5.41 Å². The van der Waals surface area contributed by atoms with E-state index in [-0.39, 0.29) is 19.1 Å². The molecule has 1 aliphatic rings. The van der Waals surface area contributed by atoms with Crippen LogP contribution in [-0.2, 0) is 9.53 Å². The molecule has 1 atom stereocenters. The van der Waals surface area contributed by atoms with Crippen LogP contribution in [-0.4, -0.2) is 31.3 Å². The number of nitrogens with two attached hydrogens (primary N) is 1. The van der Waals surface area contributed by atoms with Crippen LogP contribution in [0.2, 0.25) is 0 Å². The van der Waals surface area contributed by atoms with Gasteiger partial charge in [0.05, 0.1) is 12.5 Å². The van der Waals surface area contributed by atoms with Crippen molar-refractivity contribution in [2.75, 3.05) is 20.3 Å². The first-order valence-corrected chi connectivity index (χ1v) is 4.60. The number of rotatable bonds is 5. The van der Waals surface area contributed by atoms with Gasteiger partial charge < -0.3 is 15.6 Å². The highest BCUT2D eigenvalue weighted by Gasteiger charge is 2.50. The Hall–Kier alpha value is -0.610. The molecule has 0 aromatic heterocycles. The van der Waals surface area contributed by atoms with E-state index >= 15 is 0 Å². The normalized spacial score (nSPS) is 20.8. The molecule has 0 aromatic carbocycles. The SMILES string of the molecule is COC(=O)C(CN)(CCO)C1CC1. The standard InChI is InChI=1S/C9H17NO3/c1-13-8(12)9(6-10,4-5-11)7-2-3-7/h7,11H,2-6,10H2,1H3. The number of ether oxygens (including phenoxy) is 1. The van der Waals surface area contributed by atoms with Gasteiger partial charge >= 0.3 is 5.97 Å². The second-order valence-corrected chi connectivity index (χ2v) is 3.60. The first-order chi connectivity index (χ1) is 6.21. The topological polar surface area (TPSA) is 72.5 Å². The molecule has 0 aromatic rings. The second kappa shape index (κ2) is 4.07. The average molecular weight is 187 g/mol. The van der Waals surface area contributed by atoms with Crippen LogP contribution in [0.1, 0.15) is 19.3 Å². The molecule has 1 aliphatic carbocycles. The van der Waals surface area contributed by atoms with Crippen molar-refractivity contribution in [3.8, 4) is 0 Å². The fourth-order valence-electron chi connectivity index (χ4n) is 1.86. The minimum atomic E-state index is -0.622. The Labute approximate surface area is 78.1 Å². The summed E-state index contributed by atoms with van der Waals surface area (Å²) in [4.78, 5) is 11.5. The molecule has 0 bridgehead atoms. The third-order valence-electron chi connectivity index (χ3n) is 2.87. The molecule has 0 saturated heterocycles. The lowest BCUT2D eigenvalue weighted by atomic mass is 9.79. The number of esters is 1. The smallest absolute Gasteiger partial charge is 0.313 e. The molecule has 13 heavy (non-hydrogen) atoms. The van der Waals surface area contributed by atoms with Crippen LogP contribution in [0.3, 0.4) is 0 Å². The second-order valence-electron chi connectivity index (χ2n) is 3.60. The van der Waals surface area contributed by atoms with Gasteiger partial charge in [-0.25, -0.2) is 0 Å². The Morgan fingerprint density at radius 1 is 1.69 bits per heavy atom. The summed E-state index contributed by atoms with van der Waals surface area (Å²) in [5.74, 6) is 0.0450. The van der Waals surface area contributed by atoms with E-state index in [1.165, 1.54) is 7.11 Å². The van der Waals surface area contributed by atoms with E-state index in [4.69, 9.17) is 15.6 Å². The summed E-state index contributed by atoms with van der Waals surface area (Å²) in [6.45, 7) is 0.258. The summed E-state index contributed by atoms with van der Waals surface area (Å²) in [7, 11) is 1.37. The number of methoxy groups -OCH3 is 1. The zero-order valence-corrected chi connectivity index (χ0v) is 7.95. The van der Waals surface area contributed by atoms with Crippen molar-refractivity contribution >= 4 is 5.97 Å². The molecule has 4 nitrogen and oxygen atoms in total. The highest BCUT2D eigenvalue weighted by atomic mass is 16.5. The maximum absolute atomic E-state index is 11.5. The molecule has 0 spiro atoms. The highest BCUT2D eigenvalue weighted by Crippen LogP contribution is 2.47. The van der Waals surface area contributed by atoms with Crippen molar-refractivity contribution in [2.45, 2.75) is 19.3 Å². The number of carbonyl (C=O) groups excluding carboxylic acids is 1. The largest absolute Gasteiger partial charge is 0.469 e. The van der Waals surface area contributed by atoms with Gasteiger partial charge in [0.15, 0.2) is 0 Å². The number of carbonyl (C=O) groups is 1. The number of aliphatic hydroxyl groups excluding tert-OH is 1. The fraction of sp³-hybridized carbons (Fsp3) is 0.889. The van der Waals surface area contributed by atoms with E-state index in [1.807, 2.05) is 0 Å². The van der Waals surface area contributed by atoms with E-state index in [9.17, 15) is 4.79 Å². The van der Waals surface area contributed by atoms with Crippen molar-refractivity contribution in [3.63, 3.8) is 0 Å². The third-order valence-corrected chi connectivity index (χ3v) is 2.87. The van der Waals surface area contributed by atoms with Gasteiger partial charge in [-0.1, -0.05) is 0 Å². The minimum absolute atomic E-state index is 0.0111. The molecule has 0 radical (unpaired) electrons. The van der Waals surface area contributed by atoms with Crippen LogP contribution >= 0.6 is 0 Å². The zero-order valence-electron chi connectivity index (χ0n) is 7.95. The molecule has 1 saturated carbocycles. The van der Waals surface area contributed by atoms with Crippen molar-refractivity contribution in [2.24, 2.45) is 17.1 Å². The van der Waals surface area contributed by atoms with Gasteiger partial charge in [0.1, 0.15) is 0 Å². The Morgan fingerprint density at radius 3 is 2.62 bits per heavy atom. The van der Waals surface area contributed by atoms with E-state index in [2.05, 4.69) is 0 Å². The summed E-state index contributed by atoms with van der Waals surface area (Å²) in [5, 5.41) is 8.89. The van der Waals surface area contributed by atoms with Crippen LogP contribution in [0.15, 0.2) is 0 Å². The summed E-state index contributed by atoms with van der Waals surface area (Å²) in [6, 6.07) is 0. The number of hydrogen-bond donors (Lipinski definition) is 2. The Balaban J connectivity index is 2.74. The lowest BCUT2D eigenvalue weighted by Crippen LogP contribution is -2.42. The molecule has 76 valence electrons.